The number of thiazole rings is 1. The van der Waals surface area contributed by atoms with E-state index in [1.165, 1.54) is 33.3 Å². The van der Waals surface area contributed by atoms with E-state index >= 15 is 0 Å². The van der Waals surface area contributed by atoms with Gasteiger partial charge in [-0.25, -0.2) is 13.4 Å². The van der Waals surface area contributed by atoms with Crippen LogP contribution < -0.4 is 5.32 Å². The fourth-order valence-corrected chi connectivity index (χ4v) is 5.75. The molecule has 6 nitrogen and oxygen atoms in total. The number of carbonyl (C=O) groups is 1. The summed E-state index contributed by atoms with van der Waals surface area (Å²) in [5.74, 6) is -0.314. The van der Waals surface area contributed by atoms with Gasteiger partial charge in [0, 0.05) is 18.7 Å². The number of carbonyl (C=O) groups excluding carboxylic acids is 1. The lowest BCUT2D eigenvalue weighted by Crippen LogP contribution is -2.32. The zero-order chi connectivity index (χ0) is 21.9. The van der Waals surface area contributed by atoms with Crippen molar-refractivity contribution < 1.29 is 13.2 Å². The summed E-state index contributed by atoms with van der Waals surface area (Å²) >= 11 is 1.42. The van der Waals surface area contributed by atoms with Crippen LogP contribution >= 0.6 is 11.3 Å². The number of anilines is 1. The number of aryl methyl sites for hydroxylation is 2. The minimum atomic E-state index is -3.56. The van der Waals surface area contributed by atoms with Crippen molar-refractivity contribution in [2.45, 2.75) is 45.4 Å². The van der Waals surface area contributed by atoms with Crippen LogP contribution in [0.5, 0.6) is 0 Å². The number of amides is 1. The van der Waals surface area contributed by atoms with E-state index in [0.29, 0.717) is 23.8 Å². The smallest absolute Gasteiger partial charge is 0.257 e. The Kier molecular flexibility index (Phi) is 6.90. The summed E-state index contributed by atoms with van der Waals surface area (Å²) in [6, 6.07) is 10.1. The standard InChI is InChI=1S/C22H27N3O3S2/c1-5-11-25(12-6-2)30(27,28)18-9-7-17(8-10-18)21(26)24-22-23-19-13-15(3)16(4)14-20(19)29-22/h7-10,13-14H,5-6,11-12H2,1-4H3,(H,23,24,26). The van der Waals surface area contributed by atoms with Gasteiger partial charge < -0.3 is 0 Å². The number of aromatic nitrogens is 1. The van der Waals surface area contributed by atoms with Crippen LogP contribution in [-0.4, -0.2) is 36.7 Å². The highest BCUT2D eigenvalue weighted by Gasteiger charge is 2.23. The van der Waals surface area contributed by atoms with Crippen molar-refractivity contribution in [3.8, 4) is 0 Å². The number of benzene rings is 2. The number of rotatable bonds is 8. The van der Waals surface area contributed by atoms with Gasteiger partial charge in [-0.1, -0.05) is 25.2 Å². The molecule has 0 aliphatic heterocycles. The van der Waals surface area contributed by atoms with Crippen molar-refractivity contribution in [1.29, 1.82) is 0 Å². The zero-order valence-electron chi connectivity index (χ0n) is 17.7. The first-order valence-electron chi connectivity index (χ1n) is 10.1. The maximum Gasteiger partial charge on any atom is 0.257 e. The summed E-state index contributed by atoms with van der Waals surface area (Å²) in [6.45, 7) is 8.95. The highest BCUT2D eigenvalue weighted by Crippen LogP contribution is 2.28. The monoisotopic (exact) mass is 445 g/mol. The number of sulfonamides is 1. The van der Waals surface area contributed by atoms with Gasteiger partial charge in [-0.3, -0.25) is 10.1 Å². The minimum Gasteiger partial charge on any atom is -0.298 e. The number of hydrogen-bond donors (Lipinski definition) is 1. The molecule has 3 aromatic rings. The second kappa shape index (κ2) is 9.24. The topological polar surface area (TPSA) is 79.4 Å². The SMILES string of the molecule is CCCN(CCC)S(=O)(=O)c1ccc(C(=O)Nc2nc3cc(C)c(C)cc3s2)cc1. The first-order valence-corrected chi connectivity index (χ1v) is 12.3. The first kappa shape index (κ1) is 22.4. The van der Waals surface area contributed by atoms with Gasteiger partial charge in [-0.15, -0.1) is 0 Å². The predicted molar refractivity (Wildman–Crippen MR) is 123 cm³/mol. The van der Waals surface area contributed by atoms with E-state index in [0.717, 1.165) is 28.6 Å². The Hall–Kier alpha value is -2.29. The molecule has 0 bridgehead atoms. The number of nitrogens with zero attached hydrogens (tertiary/aromatic N) is 2. The van der Waals surface area contributed by atoms with Crippen molar-refractivity contribution in [2.24, 2.45) is 0 Å². The third kappa shape index (κ3) is 4.71. The van der Waals surface area contributed by atoms with Crippen LogP contribution in [0.3, 0.4) is 0 Å². The molecule has 0 saturated heterocycles. The van der Waals surface area contributed by atoms with Crippen LogP contribution in [-0.2, 0) is 10.0 Å². The Morgan fingerprint density at radius 1 is 1.03 bits per heavy atom. The molecule has 0 atom stereocenters. The molecule has 2 aromatic carbocycles. The summed E-state index contributed by atoms with van der Waals surface area (Å²) in [5.41, 5.74) is 3.58. The van der Waals surface area contributed by atoms with E-state index in [2.05, 4.69) is 16.4 Å². The lowest BCUT2D eigenvalue weighted by molar-refractivity contribution is 0.102. The van der Waals surface area contributed by atoms with E-state index in [-0.39, 0.29) is 10.8 Å². The molecule has 0 aliphatic rings. The summed E-state index contributed by atoms with van der Waals surface area (Å²) in [5, 5.41) is 3.34. The van der Waals surface area contributed by atoms with Gasteiger partial charge in [0.1, 0.15) is 0 Å². The van der Waals surface area contributed by atoms with E-state index in [9.17, 15) is 13.2 Å². The Balaban J connectivity index is 1.78. The minimum absolute atomic E-state index is 0.201. The van der Waals surface area contributed by atoms with Crippen molar-refractivity contribution in [3.05, 3.63) is 53.1 Å². The molecule has 0 radical (unpaired) electrons. The summed E-state index contributed by atoms with van der Waals surface area (Å²) < 4.78 is 28.2. The van der Waals surface area contributed by atoms with Crippen LogP contribution in [0.1, 0.15) is 48.2 Å². The maximum atomic E-state index is 12.9. The van der Waals surface area contributed by atoms with Gasteiger partial charge >= 0.3 is 0 Å². The fourth-order valence-electron chi connectivity index (χ4n) is 3.18. The average Bonchev–Trinajstić information content (AvgIpc) is 3.09. The Morgan fingerprint density at radius 3 is 2.23 bits per heavy atom. The van der Waals surface area contributed by atoms with Crippen LogP contribution in [0.2, 0.25) is 0 Å². The molecule has 1 aromatic heterocycles. The van der Waals surface area contributed by atoms with Crippen molar-refractivity contribution in [1.82, 2.24) is 9.29 Å². The van der Waals surface area contributed by atoms with Crippen LogP contribution in [0, 0.1) is 13.8 Å². The molecule has 3 rings (SSSR count). The normalized spacial score (nSPS) is 11.9. The molecule has 0 spiro atoms. The zero-order valence-corrected chi connectivity index (χ0v) is 19.4. The van der Waals surface area contributed by atoms with E-state index in [1.54, 1.807) is 12.1 Å². The molecule has 8 heteroatoms. The third-order valence-corrected chi connectivity index (χ3v) is 7.77. The van der Waals surface area contributed by atoms with E-state index in [1.807, 2.05) is 33.8 Å². The molecule has 0 unspecified atom stereocenters. The number of fused-ring (bicyclic) bond motifs is 1. The molecule has 160 valence electrons. The van der Waals surface area contributed by atoms with Gasteiger partial charge in [0.05, 0.1) is 15.1 Å². The molecule has 1 heterocycles. The maximum absolute atomic E-state index is 12.9. The predicted octanol–water partition coefficient (Wildman–Crippen LogP) is 4.98. The van der Waals surface area contributed by atoms with Gasteiger partial charge in [0.2, 0.25) is 10.0 Å². The molecule has 30 heavy (non-hydrogen) atoms. The number of nitrogens with one attached hydrogen (secondary N) is 1. The molecule has 1 amide bonds. The van der Waals surface area contributed by atoms with E-state index in [4.69, 9.17) is 0 Å². The van der Waals surface area contributed by atoms with Crippen molar-refractivity contribution >= 4 is 42.6 Å². The van der Waals surface area contributed by atoms with Crippen molar-refractivity contribution in [2.75, 3.05) is 18.4 Å². The summed E-state index contributed by atoms with van der Waals surface area (Å²) in [7, 11) is -3.56. The van der Waals surface area contributed by atoms with Gasteiger partial charge in [-0.05, 0) is 74.2 Å². The highest BCUT2D eigenvalue weighted by molar-refractivity contribution is 7.89. The molecular formula is C22H27N3O3S2. The Bertz CT molecular complexity index is 1110. The van der Waals surface area contributed by atoms with Crippen molar-refractivity contribution in [3.63, 3.8) is 0 Å². The lowest BCUT2D eigenvalue weighted by Gasteiger charge is -2.21. The largest absolute Gasteiger partial charge is 0.298 e. The third-order valence-electron chi connectivity index (χ3n) is 4.92. The molecule has 0 fully saturated rings. The highest BCUT2D eigenvalue weighted by atomic mass is 32.2. The molecular weight excluding hydrogens is 418 g/mol. The van der Waals surface area contributed by atoms with Gasteiger partial charge in [0.15, 0.2) is 5.13 Å². The Morgan fingerprint density at radius 2 is 1.63 bits per heavy atom. The fraction of sp³-hybridized carbons (Fsp3) is 0.364. The lowest BCUT2D eigenvalue weighted by atomic mass is 10.1. The summed E-state index contributed by atoms with van der Waals surface area (Å²) in [4.78, 5) is 17.3. The van der Waals surface area contributed by atoms with E-state index < -0.39 is 10.0 Å². The Labute approximate surface area is 182 Å². The molecule has 0 saturated carbocycles. The summed E-state index contributed by atoms with van der Waals surface area (Å²) in [6.07, 6.45) is 1.50. The van der Waals surface area contributed by atoms with Gasteiger partial charge in [0.25, 0.3) is 5.91 Å². The van der Waals surface area contributed by atoms with Crippen LogP contribution in [0.15, 0.2) is 41.3 Å². The average molecular weight is 446 g/mol. The second-order valence-corrected chi connectivity index (χ2v) is 10.3. The van der Waals surface area contributed by atoms with Gasteiger partial charge in [-0.2, -0.15) is 4.31 Å². The molecule has 1 N–H and O–H groups in total. The molecule has 0 aliphatic carbocycles. The number of hydrogen-bond acceptors (Lipinski definition) is 5. The quantitative estimate of drug-likeness (QED) is 0.530. The second-order valence-electron chi connectivity index (χ2n) is 7.31. The first-order chi connectivity index (χ1) is 14.3. The van der Waals surface area contributed by atoms with Crippen LogP contribution in [0.4, 0.5) is 5.13 Å². The van der Waals surface area contributed by atoms with Crippen LogP contribution in [0.25, 0.3) is 10.2 Å².